The molecule has 1 fully saturated rings. The number of carbonyl (C=O) groups is 2. The molecular weight excluding hydrogens is 426 g/mol. The van der Waals surface area contributed by atoms with Crippen LogP contribution >= 0.6 is 0 Å². The maximum absolute atomic E-state index is 14.0. The summed E-state index contributed by atoms with van der Waals surface area (Å²) in [4.78, 5) is 30.3. The van der Waals surface area contributed by atoms with Gasteiger partial charge in [0, 0.05) is 45.2 Å². The molecule has 6 nitrogen and oxygen atoms in total. The van der Waals surface area contributed by atoms with Crippen LogP contribution in [0.15, 0.2) is 48.5 Å². The third kappa shape index (κ3) is 6.60. The van der Waals surface area contributed by atoms with Crippen LogP contribution in [0.4, 0.5) is 11.4 Å². The van der Waals surface area contributed by atoms with Crippen molar-refractivity contribution in [2.24, 2.45) is 0 Å². The monoisotopic (exact) mass is 465 g/mol. The first-order valence-electron chi connectivity index (χ1n) is 12.4. The molecule has 2 amide bonds. The van der Waals surface area contributed by atoms with Gasteiger partial charge in [0.1, 0.15) is 6.61 Å². The predicted molar refractivity (Wildman–Crippen MR) is 138 cm³/mol. The smallest absolute Gasteiger partial charge is 0.250 e. The molecule has 1 N–H and O–H groups in total. The van der Waals surface area contributed by atoms with Crippen LogP contribution in [-0.2, 0) is 20.9 Å². The molecule has 34 heavy (non-hydrogen) atoms. The Morgan fingerprint density at radius 2 is 1.76 bits per heavy atom. The minimum Gasteiger partial charge on any atom is -0.377 e. The van der Waals surface area contributed by atoms with E-state index >= 15 is 0 Å². The van der Waals surface area contributed by atoms with Crippen molar-refractivity contribution in [3.8, 4) is 0 Å². The van der Waals surface area contributed by atoms with Crippen LogP contribution < -0.4 is 10.2 Å². The predicted octanol–water partition coefficient (Wildman–Crippen LogP) is 5.19. The average molecular weight is 466 g/mol. The first kappa shape index (κ1) is 25.8. The summed E-state index contributed by atoms with van der Waals surface area (Å²) < 4.78 is 4.95. The van der Waals surface area contributed by atoms with Gasteiger partial charge in [-0.05, 0) is 48.6 Å². The van der Waals surface area contributed by atoms with Gasteiger partial charge in [-0.25, -0.2) is 0 Å². The Kier molecular flexibility index (Phi) is 9.52. The topological polar surface area (TPSA) is 61.9 Å². The van der Waals surface area contributed by atoms with E-state index in [1.165, 1.54) is 13.5 Å². The number of benzene rings is 2. The number of rotatable bonds is 10. The lowest BCUT2D eigenvalue weighted by molar-refractivity contribution is -0.136. The Morgan fingerprint density at radius 3 is 2.38 bits per heavy atom. The molecule has 2 aromatic rings. The summed E-state index contributed by atoms with van der Waals surface area (Å²) in [6.07, 6.45) is 6.39. The maximum Gasteiger partial charge on any atom is 0.250 e. The summed E-state index contributed by atoms with van der Waals surface area (Å²) in [7, 11) is 5.52. The fraction of sp³-hybridized carbons (Fsp3) is 0.500. The molecule has 0 heterocycles. The third-order valence-corrected chi connectivity index (χ3v) is 6.67. The van der Waals surface area contributed by atoms with Gasteiger partial charge >= 0.3 is 0 Å². The van der Waals surface area contributed by atoms with Gasteiger partial charge < -0.3 is 19.9 Å². The van der Waals surface area contributed by atoms with Crippen molar-refractivity contribution in [1.29, 1.82) is 0 Å². The first-order chi connectivity index (χ1) is 16.4. The van der Waals surface area contributed by atoms with Crippen molar-refractivity contribution in [3.63, 3.8) is 0 Å². The van der Waals surface area contributed by atoms with Gasteiger partial charge in [-0.15, -0.1) is 0 Å². The molecule has 184 valence electrons. The maximum atomic E-state index is 14.0. The highest BCUT2D eigenvalue weighted by Gasteiger charge is 2.31. The zero-order valence-electron chi connectivity index (χ0n) is 21.0. The molecule has 2 aromatic carbocycles. The number of hydrogen-bond acceptors (Lipinski definition) is 4. The lowest BCUT2D eigenvalue weighted by Gasteiger charge is -2.37. The van der Waals surface area contributed by atoms with Gasteiger partial charge in [-0.2, -0.15) is 0 Å². The summed E-state index contributed by atoms with van der Waals surface area (Å²) in [5, 5.41) is 2.91. The molecule has 0 aliphatic heterocycles. The van der Waals surface area contributed by atoms with Crippen LogP contribution in [0.2, 0.25) is 0 Å². The lowest BCUT2D eigenvalue weighted by atomic mass is 9.90. The second-order valence-corrected chi connectivity index (χ2v) is 9.35. The molecule has 0 radical (unpaired) electrons. The normalized spacial score (nSPS) is 14.9. The van der Waals surface area contributed by atoms with Crippen molar-refractivity contribution in [3.05, 3.63) is 59.7 Å². The van der Waals surface area contributed by atoms with Gasteiger partial charge in [-0.3, -0.25) is 9.59 Å². The summed E-state index contributed by atoms with van der Waals surface area (Å²) in [5.74, 6) is -0.156. The molecule has 1 aliphatic carbocycles. The van der Waals surface area contributed by atoms with Gasteiger partial charge in [0.15, 0.2) is 0 Å². The number of carbonyl (C=O) groups excluding carboxylic acids is 2. The minimum atomic E-state index is -0.193. The fourth-order valence-corrected chi connectivity index (χ4v) is 4.96. The molecule has 0 spiro atoms. The van der Waals surface area contributed by atoms with Gasteiger partial charge in [0.25, 0.3) is 0 Å². The number of nitrogens with zero attached hydrogens (tertiary/aromatic N) is 2. The third-order valence-electron chi connectivity index (χ3n) is 6.67. The number of nitrogens with one attached hydrogen (secondary N) is 1. The molecule has 1 aliphatic rings. The molecule has 0 aromatic heterocycles. The Balaban J connectivity index is 1.95. The fourth-order valence-electron chi connectivity index (χ4n) is 4.96. The van der Waals surface area contributed by atoms with Crippen molar-refractivity contribution >= 4 is 23.2 Å². The standard InChI is InChI=1S/C28H39N3O3/c1-5-25(21-12-8-6-9-13-21)28(33)31(24-14-10-7-11-15-24)19-22-18-23(29-27(32)20-34-4)16-17-26(22)30(2)3/h6,8-9,12-13,16-18,24-25H,5,7,10-11,14-15,19-20H2,1-4H3,(H,29,32). The van der Waals surface area contributed by atoms with Gasteiger partial charge in [0.05, 0.1) is 5.92 Å². The quantitative estimate of drug-likeness (QED) is 0.524. The molecule has 1 atom stereocenters. The second-order valence-electron chi connectivity index (χ2n) is 9.35. The SMILES string of the molecule is CCC(C(=O)N(Cc1cc(NC(=O)COC)ccc1N(C)C)C1CCCCC1)c1ccccc1. The summed E-state index contributed by atoms with van der Waals surface area (Å²) in [6.45, 7) is 2.62. The molecule has 3 rings (SSSR count). The van der Waals surface area contributed by atoms with Crippen LogP contribution in [0.25, 0.3) is 0 Å². The molecular formula is C28H39N3O3. The van der Waals surface area contributed by atoms with Crippen molar-refractivity contribution in [2.75, 3.05) is 38.0 Å². The molecule has 1 unspecified atom stereocenters. The Labute approximate surface area is 204 Å². The number of amides is 2. The van der Waals surface area contributed by atoms with E-state index in [-0.39, 0.29) is 30.4 Å². The van der Waals surface area contributed by atoms with Gasteiger partial charge in [0.2, 0.25) is 11.8 Å². The summed E-state index contributed by atoms with van der Waals surface area (Å²) >= 11 is 0. The van der Waals surface area contributed by atoms with Crippen molar-refractivity contribution < 1.29 is 14.3 Å². The average Bonchev–Trinajstić information content (AvgIpc) is 2.84. The van der Waals surface area contributed by atoms with Crippen molar-refractivity contribution in [1.82, 2.24) is 4.90 Å². The van der Waals surface area contributed by atoms with E-state index in [0.29, 0.717) is 12.2 Å². The van der Waals surface area contributed by atoms with Crippen LogP contribution in [0.5, 0.6) is 0 Å². The van der Waals surface area contributed by atoms with E-state index in [0.717, 1.165) is 48.9 Å². The molecule has 0 saturated heterocycles. The zero-order valence-corrected chi connectivity index (χ0v) is 21.0. The Bertz CT molecular complexity index is 939. The number of hydrogen-bond donors (Lipinski definition) is 1. The molecule has 6 heteroatoms. The van der Waals surface area contributed by atoms with Crippen LogP contribution in [0.3, 0.4) is 0 Å². The first-order valence-corrected chi connectivity index (χ1v) is 12.4. The number of anilines is 2. The van der Waals surface area contributed by atoms with Gasteiger partial charge in [-0.1, -0.05) is 56.5 Å². The number of ether oxygens (including phenoxy) is 1. The van der Waals surface area contributed by atoms with Crippen LogP contribution in [0.1, 0.15) is 62.5 Å². The van der Waals surface area contributed by atoms with E-state index < -0.39 is 0 Å². The summed E-state index contributed by atoms with van der Waals surface area (Å²) in [5.41, 5.74) is 3.87. The highest BCUT2D eigenvalue weighted by atomic mass is 16.5. The molecule has 1 saturated carbocycles. The van der Waals surface area contributed by atoms with Crippen LogP contribution in [0, 0.1) is 0 Å². The molecule has 0 bridgehead atoms. The van der Waals surface area contributed by atoms with E-state index in [1.54, 1.807) is 0 Å². The Hall–Kier alpha value is -2.86. The summed E-state index contributed by atoms with van der Waals surface area (Å²) in [6, 6.07) is 16.3. The van der Waals surface area contributed by atoms with E-state index in [2.05, 4.69) is 34.2 Å². The van der Waals surface area contributed by atoms with E-state index in [9.17, 15) is 9.59 Å². The largest absolute Gasteiger partial charge is 0.377 e. The highest BCUT2D eigenvalue weighted by molar-refractivity contribution is 5.92. The van der Waals surface area contributed by atoms with Crippen LogP contribution in [-0.4, -0.2) is 50.6 Å². The minimum absolute atomic E-state index is 0.00665. The second kappa shape index (κ2) is 12.6. The van der Waals surface area contributed by atoms with Crippen molar-refractivity contribution in [2.45, 2.75) is 64.0 Å². The highest BCUT2D eigenvalue weighted by Crippen LogP contribution is 2.32. The Morgan fingerprint density at radius 1 is 1.06 bits per heavy atom. The zero-order chi connectivity index (χ0) is 24.5. The number of methoxy groups -OCH3 is 1. The van der Waals surface area contributed by atoms with E-state index in [1.807, 2.05) is 50.5 Å². The lowest BCUT2D eigenvalue weighted by Crippen LogP contribution is -2.43. The van der Waals surface area contributed by atoms with E-state index in [4.69, 9.17) is 4.74 Å².